The molecule has 0 fully saturated rings. The van der Waals surface area contributed by atoms with Gasteiger partial charge in [-0.15, -0.1) is 24.8 Å². The molecule has 0 saturated heterocycles. The molecule has 0 radical (unpaired) electrons. The fraction of sp³-hybridized carbons (Fsp3) is 0.474. The van der Waals surface area contributed by atoms with Gasteiger partial charge in [-0.25, -0.2) is 9.97 Å². The summed E-state index contributed by atoms with van der Waals surface area (Å²) in [5.74, 6) is 0.668. The minimum atomic E-state index is -0.109. The van der Waals surface area contributed by atoms with Gasteiger partial charge in [0.1, 0.15) is 0 Å². The van der Waals surface area contributed by atoms with Gasteiger partial charge in [0.15, 0.2) is 0 Å². The van der Waals surface area contributed by atoms with Gasteiger partial charge in [0.05, 0.1) is 23.1 Å². The SMILES string of the molecule is CCC(NC(=O)CCc1cc2n(n1)CCCNC2)c1cn2cccnc2n1.Cl.Cl. The number of amides is 1. The van der Waals surface area contributed by atoms with Gasteiger partial charge in [-0.2, -0.15) is 5.10 Å². The molecule has 4 heterocycles. The van der Waals surface area contributed by atoms with Gasteiger partial charge in [0.2, 0.25) is 11.7 Å². The van der Waals surface area contributed by atoms with Crippen LogP contribution in [0.4, 0.5) is 0 Å². The Kier molecular flexibility index (Phi) is 8.43. The summed E-state index contributed by atoms with van der Waals surface area (Å²) in [5.41, 5.74) is 3.02. The van der Waals surface area contributed by atoms with Crippen molar-refractivity contribution in [2.45, 2.75) is 51.7 Å². The van der Waals surface area contributed by atoms with Crippen LogP contribution in [0.3, 0.4) is 0 Å². The maximum absolute atomic E-state index is 12.5. The van der Waals surface area contributed by atoms with Crippen LogP contribution in [0, 0.1) is 0 Å². The average molecular weight is 440 g/mol. The van der Waals surface area contributed by atoms with E-state index in [1.165, 1.54) is 5.69 Å². The van der Waals surface area contributed by atoms with E-state index in [-0.39, 0.29) is 36.8 Å². The van der Waals surface area contributed by atoms with Crippen molar-refractivity contribution in [3.05, 3.63) is 47.8 Å². The molecule has 3 aromatic heterocycles. The molecule has 158 valence electrons. The molecule has 0 aliphatic carbocycles. The number of hydrogen-bond donors (Lipinski definition) is 2. The molecule has 2 N–H and O–H groups in total. The van der Waals surface area contributed by atoms with E-state index in [9.17, 15) is 4.79 Å². The second-order valence-electron chi connectivity index (χ2n) is 6.90. The first kappa shape index (κ1) is 23.1. The maximum atomic E-state index is 12.5. The average Bonchev–Trinajstić information content (AvgIpc) is 3.22. The number of nitrogens with one attached hydrogen (secondary N) is 2. The highest BCUT2D eigenvalue weighted by molar-refractivity contribution is 5.85. The van der Waals surface area contributed by atoms with Crippen LogP contribution in [0.5, 0.6) is 0 Å². The fourth-order valence-electron chi connectivity index (χ4n) is 3.45. The van der Waals surface area contributed by atoms with Crippen molar-refractivity contribution in [1.82, 2.24) is 34.8 Å². The number of carbonyl (C=O) groups is 1. The first-order valence-corrected chi connectivity index (χ1v) is 9.58. The topological polar surface area (TPSA) is 89.1 Å². The summed E-state index contributed by atoms with van der Waals surface area (Å²) in [4.78, 5) is 21.2. The van der Waals surface area contributed by atoms with Crippen molar-refractivity contribution in [2.24, 2.45) is 0 Å². The van der Waals surface area contributed by atoms with Gasteiger partial charge < -0.3 is 10.6 Å². The van der Waals surface area contributed by atoms with Gasteiger partial charge in [-0.1, -0.05) is 6.92 Å². The zero-order valence-electron chi connectivity index (χ0n) is 16.4. The predicted octanol–water partition coefficient (Wildman–Crippen LogP) is 2.46. The number of carbonyl (C=O) groups excluding carboxylic acids is 1. The molecule has 0 bridgehead atoms. The lowest BCUT2D eigenvalue weighted by Gasteiger charge is -2.14. The van der Waals surface area contributed by atoms with Crippen LogP contribution in [-0.4, -0.2) is 36.6 Å². The van der Waals surface area contributed by atoms with E-state index in [2.05, 4.69) is 36.4 Å². The smallest absolute Gasteiger partial charge is 0.233 e. The van der Waals surface area contributed by atoms with Crippen LogP contribution in [0.25, 0.3) is 5.78 Å². The third-order valence-electron chi connectivity index (χ3n) is 4.91. The summed E-state index contributed by atoms with van der Waals surface area (Å²) in [6.45, 7) is 4.85. The van der Waals surface area contributed by atoms with Gasteiger partial charge >= 0.3 is 0 Å². The Balaban J connectivity index is 0.00000150. The Labute approximate surface area is 182 Å². The number of halogens is 2. The van der Waals surface area contributed by atoms with E-state index in [1.54, 1.807) is 6.20 Å². The van der Waals surface area contributed by atoms with Crippen LogP contribution < -0.4 is 10.6 Å². The molecule has 1 unspecified atom stereocenters. The van der Waals surface area contributed by atoms with Gasteiger partial charge in [-0.3, -0.25) is 13.9 Å². The van der Waals surface area contributed by atoms with Crippen molar-refractivity contribution in [3.63, 3.8) is 0 Å². The van der Waals surface area contributed by atoms with Crippen molar-refractivity contribution in [1.29, 1.82) is 0 Å². The highest BCUT2D eigenvalue weighted by Gasteiger charge is 2.17. The zero-order chi connectivity index (χ0) is 18.6. The summed E-state index contributed by atoms with van der Waals surface area (Å²) in [6.07, 6.45) is 8.48. The minimum absolute atomic E-state index is 0. The minimum Gasteiger partial charge on any atom is -0.348 e. The van der Waals surface area contributed by atoms with Gasteiger partial charge in [0.25, 0.3) is 0 Å². The third kappa shape index (κ3) is 5.46. The van der Waals surface area contributed by atoms with E-state index in [0.29, 0.717) is 18.6 Å². The highest BCUT2D eigenvalue weighted by Crippen LogP contribution is 2.16. The molecule has 1 aliphatic rings. The molecule has 1 aliphatic heterocycles. The van der Waals surface area contributed by atoms with Crippen LogP contribution in [0.15, 0.2) is 30.7 Å². The first-order chi connectivity index (χ1) is 13.2. The number of hydrogen-bond acceptors (Lipinski definition) is 5. The first-order valence-electron chi connectivity index (χ1n) is 9.58. The predicted molar refractivity (Wildman–Crippen MR) is 116 cm³/mol. The number of aryl methyl sites for hydroxylation is 2. The Morgan fingerprint density at radius 3 is 3.03 bits per heavy atom. The van der Waals surface area contributed by atoms with Crippen molar-refractivity contribution < 1.29 is 4.79 Å². The van der Waals surface area contributed by atoms with Crippen molar-refractivity contribution in [2.75, 3.05) is 6.54 Å². The molecule has 29 heavy (non-hydrogen) atoms. The van der Waals surface area contributed by atoms with Crippen LogP contribution in [-0.2, 0) is 24.3 Å². The Bertz CT molecular complexity index is 883. The molecular weight excluding hydrogens is 413 g/mol. The summed E-state index contributed by atoms with van der Waals surface area (Å²) < 4.78 is 3.93. The molecule has 1 atom stereocenters. The highest BCUT2D eigenvalue weighted by atomic mass is 35.5. The lowest BCUT2D eigenvalue weighted by molar-refractivity contribution is -0.121. The second-order valence-corrected chi connectivity index (χ2v) is 6.90. The van der Waals surface area contributed by atoms with Crippen molar-refractivity contribution >= 4 is 36.5 Å². The summed E-state index contributed by atoms with van der Waals surface area (Å²) >= 11 is 0. The normalized spacial score (nSPS) is 14.2. The monoisotopic (exact) mass is 439 g/mol. The van der Waals surface area contributed by atoms with Crippen LogP contribution in [0.1, 0.15) is 49.3 Å². The number of aromatic nitrogens is 5. The molecule has 8 nitrogen and oxygen atoms in total. The van der Waals surface area contributed by atoms with E-state index >= 15 is 0 Å². The molecule has 4 rings (SSSR count). The largest absolute Gasteiger partial charge is 0.348 e. The molecule has 0 aromatic carbocycles. The lowest BCUT2D eigenvalue weighted by atomic mass is 10.1. The number of fused-ring (bicyclic) bond motifs is 2. The number of rotatable bonds is 6. The number of imidazole rings is 1. The molecule has 0 saturated carbocycles. The Hall–Kier alpha value is -2.16. The summed E-state index contributed by atoms with van der Waals surface area (Å²) in [7, 11) is 0. The van der Waals surface area contributed by atoms with Crippen LogP contribution in [0.2, 0.25) is 0 Å². The molecular formula is C19H27Cl2N7O. The number of nitrogens with zero attached hydrogens (tertiary/aromatic N) is 5. The quantitative estimate of drug-likeness (QED) is 0.615. The van der Waals surface area contributed by atoms with Gasteiger partial charge in [0, 0.05) is 44.5 Å². The van der Waals surface area contributed by atoms with E-state index < -0.39 is 0 Å². The summed E-state index contributed by atoms with van der Waals surface area (Å²) in [6, 6.07) is 3.86. The third-order valence-corrected chi connectivity index (χ3v) is 4.91. The fourth-order valence-corrected chi connectivity index (χ4v) is 3.45. The molecule has 1 amide bonds. The molecule has 3 aromatic rings. The van der Waals surface area contributed by atoms with E-state index in [1.807, 2.05) is 29.8 Å². The van der Waals surface area contributed by atoms with Gasteiger partial charge in [-0.05, 0) is 31.5 Å². The Morgan fingerprint density at radius 1 is 1.38 bits per heavy atom. The standard InChI is InChI=1S/C19H25N7O.2ClH/c1-2-16(17-13-25-9-4-8-21-19(25)23-17)22-18(27)6-5-14-11-15-12-20-7-3-10-26(15)24-14;;/h4,8-9,11,13,16,20H,2-3,5-7,10,12H2,1H3,(H,22,27);2*1H. The second kappa shape index (κ2) is 10.6. The van der Waals surface area contributed by atoms with Crippen molar-refractivity contribution in [3.8, 4) is 0 Å². The molecule has 0 spiro atoms. The Morgan fingerprint density at radius 2 is 2.24 bits per heavy atom. The summed E-state index contributed by atoms with van der Waals surface area (Å²) in [5, 5.41) is 11.1. The molecule has 10 heteroatoms. The maximum Gasteiger partial charge on any atom is 0.233 e. The lowest BCUT2D eigenvalue weighted by Crippen LogP contribution is -2.28. The van der Waals surface area contributed by atoms with Crippen LogP contribution >= 0.6 is 24.8 Å². The van der Waals surface area contributed by atoms with E-state index in [4.69, 9.17) is 0 Å². The van der Waals surface area contributed by atoms with E-state index in [0.717, 1.165) is 43.9 Å². The zero-order valence-corrected chi connectivity index (χ0v) is 18.0.